The number of unbranched alkanes of at least 4 members (excludes halogenated alkanes) is 8. The fourth-order valence-corrected chi connectivity index (χ4v) is 6.31. The van der Waals surface area contributed by atoms with Gasteiger partial charge in [-0.15, -0.1) is 0 Å². The summed E-state index contributed by atoms with van der Waals surface area (Å²) in [6.07, 6.45) is 21.4. The van der Waals surface area contributed by atoms with E-state index < -0.39 is 16.6 Å². The summed E-state index contributed by atoms with van der Waals surface area (Å²) in [4.78, 5) is 0. The lowest BCUT2D eigenvalue weighted by Gasteiger charge is -2.23. The van der Waals surface area contributed by atoms with Crippen LogP contribution in [-0.4, -0.2) is 28.8 Å². The molecule has 0 aromatic rings. The second kappa shape index (κ2) is 15.9. The molecule has 0 aliphatic carbocycles. The minimum absolute atomic E-state index is 0.447. The van der Waals surface area contributed by atoms with Gasteiger partial charge < -0.3 is 8.85 Å². The largest absolute Gasteiger partial charge is 0.415 e. The zero-order valence-corrected chi connectivity index (χ0v) is 22.6. The van der Waals surface area contributed by atoms with Crippen molar-refractivity contribution in [2.45, 2.75) is 142 Å². The Morgan fingerprint density at radius 3 is 1.18 bits per heavy atom. The van der Waals surface area contributed by atoms with Gasteiger partial charge in [-0.05, 0) is 91.7 Å². The Labute approximate surface area is 180 Å². The topological polar surface area (TPSA) is 18.5 Å². The van der Waals surface area contributed by atoms with Crippen LogP contribution in [0.2, 0.25) is 39.3 Å². The van der Waals surface area contributed by atoms with Gasteiger partial charge in [0.25, 0.3) is 0 Å². The Kier molecular flexibility index (Phi) is 15.9. The summed E-state index contributed by atoms with van der Waals surface area (Å²) in [6.45, 7) is 18.1. The van der Waals surface area contributed by atoms with Crippen LogP contribution in [0.15, 0.2) is 12.2 Å². The summed E-state index contributed by atoms with van der Waals surface area (Å²) in [5, 5.41) is 0. The van der Waals surface area contributed by atoms with Gasteiger partial charge in [0.15, 0.2) is 16.6 Å². The molecule has 0 aliphatic heterocycles. The van der Waals surface area contributed by atoms with E-state index >= 15 is 0 Å². The van der Waals surface area contributed by atoms with E-state index in [1.54, 1.807) is 0 Å². The van der Waals surface area contributed by atoms with E-state index in [9.17, 15) is 0 Å². The van der Waals surface area contributed by atoms with Gasteiger partial charge in [0, 0.05) is 12.2 Å². The molecule has 0 saturated carbocycles. The van der Waals surface area contributed by atoms with E-state index in [0.29, 0.717) is 12.2 Å². The first-order valence-corrected chi connectivity index (χ1v) is 18.8. The monoisotopic (exact) mass is 428 g/mol. The molecule has 28 heavy (non-hydrogen) atoms. The number of allylic oxidation sites excluding steroid dienone is 2. The summed E-state index contributed by atoms with van der Waals surface area (Å²) in [5.41, 5.74) is 0. The molecule has 2 nitrogen and oxygen atoms in total. The second-order valence-electron chi connectivity index (χ2n) is 10.5. The van der Waals surface area contributed by atoms with Crippen molar-refractivity contribution in [2.24, 2.45) is 0 Å². The molecule has 4 heteroatoms. The molecular formula is C24H52O2Si2. The maximum absolute atomic E-state index is 6.10. The molecule has 2 atom stereocenters. The minimum atomic E-state index is -1.35. The smallest absolute Gasteiger partial charge is 0.184 e. The molecule has 0 aromatic heterocycles. The van der Waals surface area contributed by atoms with Crippen molar-refractivity contribution in [2.75, 3.05) is 0 Å². The highest BCUT2D eigenvalue weighted by Crippen LogP contribution is 2.15. The third kappa shape index (κ3) is 22.4. The van der Waals surface area contributed by atoms with Crippen LogP contribution in [0.25, 0.3) is 0 Å². The summed E-state index contributed by atoms with van der Waals surface area (Å²) < 4.78 is 12.2. The quantitative estimate of drug-likeness (QED) is 0.123. The highest BCUT2D eigenvalue weighted by Gasteiger charge is 2.18. The average molecular weight is 429 g/mol. The molecule has 0 aromatic carbocycles. The summed E-state index contributed by atoms with van der Waals surface area (Å²) in [6, 6.07) is 0. The van der Waals surface area contributed by atoms with E-state index in [0.717, 1.165) is 0 Å². The van der Waals surface area contributed by atoms with Crippen LogP contribution >= 0.6 is 0 Å². The maximum Gasteiger partial charge on any atom is 0.184 e. The Hall–Kier alpha value is 0.0938. The van der Waals surface area contributed by atoms with Crippen molar-refractivity contribution in [3.05, 3.63) is 12.2 Å². The van der Waals surface area contributed by atoms with Crippen LogP contribution in [0, 0.1) is 0 Å². The Morgan fingerprint density at radius 1 is 0.536 bits per heavy atom. The van der Waals surface area contributed by atoms with Crippen LogP contribution in [0.3, 0.4) is 0 Å². The molecule has 0 bridgehead atoms. The van der Waals surface area contributed by atoms with Gasteiger partial charge in [-0.2, -0.15) is 0 Å². The van der Waals surface area contributed by atoms with Gasteiger partial charge in [-0.3, -0.25) is 0 Å². The number of hydrogen-bond acceptors (Lipinski definition) is 2. The van der Waals surface area contributed by atoms with Crippen LogP contribution in [-0.2, 0) is 8.85 Å². The molecule has 0 amide bonds. The SMILES string of the molecule is CC(CCCCCC/C=C/CCCCCCC(C)O[Si](C)(C)C)O[Si](C)(C)C. The summed E-state index contributed by atoms with van der Waals surface area (Å²) in [5.74, 6) is 0. The van der Waals surface area contributed by atoms with Crippen LogP contribution < -0.4 is 0 Å². The van der Waals surface area contributed by atoms with Crippen LogP contribution in [0.5, 0.6) is 0 Å². The third-order valence-corrected chi connectivity index (χ3v) is 6.96. The first-order valence-electron chi connectivity index (χ1n) is 12.0. The molecule has 168 valence electrons. The number of rotatable bonds is 18. The van der Waals surface area contributed by atoms with Crippen molar-refractivity contribution in [1.29, 1.82) is 0 Å². The van der Waals surface area contributed by atoms with Gasteiger partial charge >= 0.3 is 0 Å². The lowest BCUT2D eigenvalue weighted by molar-refractivity contribution is 0.198. The van der Waals surface area contributed by atoms with E-state index in [1.807, 2.05) is 0 Å². The van der Waals surface area contributed by atoms with E-state index in [4.69, 9.17) is 8.85 Å². The predicted molar refractivity (Wildman–Crippen MR) is 132 cm³/mol. The standard InChI is InChI=1S/C24H52O2Si2/c1-23(25-27(3,4)5)21-19-17-15-13-11-9-10-12-14-16-18-20-22-24(2)26-28(6,7)8/h9-10,23-24H,11-22H2,1-8H3/b10-9+. The van der Waals surface area contributed by atoms with Crippen molar-refractivity contribution in [3.8, 4) is 0 Å². The number of hydrogen-bond donors (Lipinski definition) is 0. The Morgan fingerprint density at radius 2 is 0.857 bits per heavy atom. The summed E-state index contributed by atoms with van der Waals surface area (Å²) >= 11 is 0. The van der Waals surface area contributed by atoms with Crippen molar-refractivity contribution < 1.29 is 8.85 Å². The highest BCUT2D eigenvalue weighted by atomic mass is 28.4. The second-order valence-corrected chi connectivity index (χ2v) is 19.5. The molecule has 0 aliphatic rings. The lowest BCUT2D eigenvalue weighted by Crippen LogP contribution is -2.30. The van der Waals surface area contributed by atoms with E-state index in [-0.39, 0.29) is 0 Å². The first kappa shape index (κ1) is 28.1. The minimum Gasteiger partial charge on any atom is -0.415 e. The predicted octanol–water partition coefficient (Wildman–Crippen LogP) is 8.70. The lowest BCUT2D eigenvalue weighted by atomic mass is 10.1. The first-order chi connectivity index (χ1) is 13.0. The molecular weight excluding hydrogens is 376 g/mol. The van der Waals surface area contributed by atoms with Crippen molar-refractivity contribution >= 4 is 16.6 Å². The van der Waals surface area contributed by atoms with Gasteiger partial charge in [-0.25, -0.2) is 0 Å². The van der Waals surface area contributed by atoms with Gasteiger partial charge in [0.05, 0.1) is 0 Å². The fraction of sp³-hybridized carbons (Fsp3) is 0.917. The molecule has 0 heterocycles. The molecule has 0 fully saturated rings. The van der Waals surface area contributed by atoms with Crippen molar-refractivity contribution in [1.82, 2.24) is 0 Å². The fourth-order valence-electron chi connectivity index (χ4n) is 3.66. The van der Waals surface area contributed by atoms with Crippen molar-refractivity contribution in [3.63, 3.8) is 0 Å². The van der Waals surface area contributed by atoms with E-state index in [1.165, 1.54) is 77.0 Å². The van der Waals surface area contributed by atoms with E-state index in [2.05, 4.69) is 65.3 Å². The zero-order chi connectivity index (χ0) is 21.5. The molecule has 0 N–H and O–H groups in total. The molecule has 0 rings (SSSR count). The summed E-state index contributed by atoms with van der Waals surface area (Å²) in [7, 11) is -2.71. The zero-order valence-electron chi connectivity index (χ0n) is 20.6. The molecule has 0 saturated heterocycles. The van der Waals surface area contributed by atoms with Crippen LogP contribution in [0.1, 0.15) is 90.9 Å². The van der Waals surface area contributed by atoms with Gasteiger partial charge in [0.2, 0.25) is 0 Å². The maximum atomic E-state index is 6.10. The molecule has 0 radical (unpaired) electrons. The van der Waals surface area contributed by atoms with Gasteiger partial charge in [0.1, 0.15) is 0 Å². The Bertz CT molecular complexity index is 347. The normalized spacial score (nSPS) is 15.3. The Balaban J connectivity index is 3.37. The highest BCUT2D eigenvalue weighted by molar-refractivity contribution is 6.70. The third-order valence-electron chi connectivity index (χ3n) is 4.74. The molecule has 2 unspecified atom stereocenters. The van der Waals surface area contributed by atoms with Crippen LogP contribution in [0.4, 0.5) is 0 Å². The molecule has 0 spiro atoms. The van der Waals surface area contributed by atoms with Gasteiger partial charge in [-0.1, -0.05) is 50.7 Å². The average Bonchev–Trinajstić information content (AvgIpc) is 2.51.